The number of aryl methyl sites for hydroxylation is 1. The van der Waals surface area contributed by atoms with Crippen molar-refractivity contribution in [2.24, 2.45) is 24.4 Å². The minimum atomic E-state index is -0.730. The zero-order valence-corrected chi connectivity index (χ0v) is 14.4. The van der Waals surface area contributed by atoms with E-state index in [0.29, 0.717) is 18.1 Å². The van der Waals surface area contributed by atoms with Crippen LogP contribution in [0, 0.1) is 5.92 Å². The lowest BCUT2D eigenvalue weighted by Crippen LogP contribution is -2.37. The first kappa shape index (κ1) is 18.2. The molecule has 10 heteroatoms. The van der Waals surface area contributed by atoms with Gasteiger partial charge in [0.25, 0.3) is 5.91 Å². The number of amides is 2. The first-order valence-electron chi connectivity index (χ1n) is 7.75. The van der Waals surface area contributed by atoms with E-state index in [1.54, 1.807) is 24.0 Å². The molecule has 0 saturated carbocycles. The van der Waals surface area contributed by atoms with Gasteiger partial charge in [-0.15, -0.1) is 0 Å². The summed E-state index contributed by atoms with van der Waals surface area (Å²) in [4.78, 5) is 31.5. The third-order valence-electron chi connectivity index (χ3n) is 3.34. The van der Waals surface area contributed by atoms with E-state index in [4.69, 9.17) is 11.5 Å². The molecule has 0 bridgehead atoms. The van der Waals surface area contributed by atoms with Crippen LogP contribution < -0.4 is 22.1 Å². The number of carbonyl (C=O) groups excluding carboxylic acids is 2. The number of aromatic nitrogens is 4. The van der Waals surface area contributed by atoms with Gasteiger partial charge in [0, 0.05) is 19.3 Å². The van der Waals surface area contributed by atoms with Gasteiger partial charge >= 0.3 is 0 Å². The Morgan fingerprint density at radius 2 is 2.00 bits per heavy atom. The van der Waals surface area contributed by atoms with Crippen LogP contribution in [-0.4, -0.2) is 37.6 Å². The lowest BCUT2D eigenvalue weighted by molar-refractivity contribution is -0.119. The Balaban J connectivity index is 2.29. The van der Waals surface area contributed by atoms with Crippen molar-refractivity contribution in [1.82, 2.24) is 19.7 Å². The number of nitrogens with one attached hydrogen (secondary N) is 2. The van der Waals surface area contributed by atoms with Gasteiger partial charge in [-0.1, -0.05) is 13.8 Å². The van der Waals surface area contributed by atoms with E-state index >= 15 is 0 Å². The number of hydrogen-bond donors (Lipinski definition) is 4. The molecule has 0 saturated heterocycles. The number of nitrogens with zero attached hydrogens (tertiary/aromatic N) is 4. The topological polar surface area (TPSA) is 154 Å². The molecule has 10 nitrogen and oxygen atoms in total. The quantitative estimate of drug-likeness (QED) is 0.538. The Morgan fingerprint density at radius 1 is 1.28 bits per heavy atom. The van der Waals surface area contributed by atoms with Crippen molar-refractivity contribution in [1.29, 1.82) is 0 Å². The average Bonchev–Trinajstić information content (AvgIpc) is 2.91. The maximum absolute atomic E-state index is 11.6. The second-order valence-corrected chi connectivity index (χ2v) is 6.05. The van der Waals surface area contributed by atoms with Gasteiger partial charge < -0.3 is 22.1 Å². The molecule has 0 spiro atoms. The van der Waals surface area contributed by atoms with Gasteiger partial charge in [-0.25, -0.2) is 9.97 Å². The van der Waals surface area contributed by atoms with E-state index in [0.717, 1.165) is 0 Å². The fourth-order valence-electron chi connectivity index (χ4n) is 2.23. The molecule has 134 valence electrons. The predicted octanol–water partition coefficient (Wildman–Crippen LogP) is 0.365. The van der Waals surface area contributed by atoms with Crippen LogP contribution in [0.1, 0.15) is 30.8 Å². The maximum Gasteiger partial charge on any atom is 0.271 e. The molecule has 0 unspecified atom stereocenters. The van der Waals surface area contributed by atoms with Gasteiger partial charge in [-0.2, -0.15) is 5.10 Å². The number of primary amides is 2. The van der Waals surface area contributed by atoms with Crippen molar-refractivity contribution in [2.75, 3.05) is 10.6 Å². The molecular formula is C15H22N8O2. The molecule has 2 amide bonds. The Kier molecular flexibility index (Phi) is 5.52. The van der Waals surface area contributed by atoms with Gasteiger partial charge in [-0.05, 0) is 12.3 Å². The molecule has 2 aromatic heterocycles. The normalized spacial score (nSPS) is 12.0. The van der Waals surface area contributed by atoms with Crippen molar-refractivity contribution >= 4 is 29.3 Å². The van der Waals surface area contributed by atoms with Gasteiger partial charge in [0.2, 0.25) is 5.91 Å². The number of anilines is 3. The Bertz CT molecular complexity index is 771. The fraction of sp³-hybridized carbons (Fsp3) is 0.400. The summed E-state index contributed by atoms with van der Waals surface area (Å²) in [7, 11) is 1.76. The molecule has 0 aliphatic rings. The zero-order chi connectivity index (χ0) is 18.6. The van der Waals surface area contributed by atoms with E-state index in [2.05, 4.69) is 25.7 Å². The van der Waals surface area contributed by atoms with Crippen LogP contribution in [0.25, 0.3) is 0 Å². The van der Waals surface area contributed by atoms with Crippen LogP contribution in [0.3, 0.4) is 0 Å². The van der Waals surface area contributed by atoms with Gasteiger partial charge in [0.05, 0.1) is 6.20 Å². The van der Waals surface area contributed by atoms with Crippen LogP contribution in [0.5, 0.6) is 0 Å². The van der Waals surface area contributed by atoms with Gasteiger partial charge in [0.1, 0.15) is 11.9 Å². The summed E-state index contributed by atoms with van der Waals surface area (Å²) in [6.07, 6.45) is 3.60. The molecule has 0 aliphatic carbocycles. The van der Waals surface area contributed by atoms with Gasteiger partial charge in [-0.3, -0.25) is 14.3 Å². The minimum Gasteiger partial charge on any atom is -0.368 e. The molecule has 2 rings (SSSR count). The minimum absolute atomic E-state index is 0.0318. The summed E-state index contributed by atoms with van der Waals surface area (Å²) in [5, 5.41) is 9.99. The Morgan fingerprint density at radius 3 is 2.52 bits per heavy atom. The summed E-state index contributed by atoms with van der Waals surface area (Å²) < 4.78 is 1.59. The summed E-state index contributed by atoms with van der Waals surface area (Å²) in [5.41, 5.74) is 10.7. The van der Waals surface area contributed by atoms with Gasteiger partial charge in [0.15, 0.2) is 17.3 Å². The summed E-state index contributed by atoms with van der Waals surface area (Å²) >= 11 is 0. The van der Waals surface area contributed by atoms with Crippen molar-refractivity contribution in [3.05, 3.63) is 24.2 Å². The third kappa shape index (κ3) is 4.90. The molecule has 0 fully saturated rings. The summed E-state index contributed by atoms with van der Waals surface area (Å²) in [6.45, 7) is 3.96. The number of rotatable bonds is 8. The van der Waals surface area contributed by atoms with Crippen molar-refractivity contribution in [3.63, 3.8) is 0 Å². The lowest BCUT2D eigenvalue weighted by Gasteiger charge is -2.18. The van der Waals surface area contributed by atoms with E-state index in [1.807, 2.05) is 13.8 Å². The standard InChI is InChI=1S/C15H22N8O2/c1-8(2)6-9(13(16)24)19-11-7-18-12(14(17)25)15(21-11)20-10-4-5-23(3)22-10/h4-5,7-9H,6H2,1-3H3,(H2,16,24)(H2,17,25)(H2,19,20,21,22)/t9-/m1/s1. The van der Waals surface area contributed by atoms with Crippen LogP contribution in [0.15, 0.2) is 18.5 Å². The van der Waals surface area contributed by atoms with Crippen LogP contribution in [0.4, 0.5) is 17.5 Å². The summed E-state index contributed by atoms with van der Waals surface area (Å²) in [5.74, 6) is -0.0456. The van der Waals surface area contributed by atoms with Crippen LogP contribution in [0.2, 0.25) is 0 Å². The highest BCUT2D eigenvalue weighted by Gasteiger charge is 2.19. The Labute approximate surface area is 145 Å². The average molecular weight is 346 g/mol. The molecule has 1 atom stereocenters. The van der Waals surface area contributed by atoms with Crippen LogP contribution in [-0.2, 0) is 11.8 Å². The summed E-state index contributed by atoms with van der Waals surface area (Å²) in [6, 6.07) is 1.11. The van der Waals surface area contributed by atoms with E-state index in [-0.39, 0.29) is 17.4 Å². The SMILES string of the molecule is CC(C)C[C@@H](Nc1cnc(C(N)=O)c(Nc2ccn(C)n2)n1)C(N)=O. The molecule has 0 aromatic carbocycles. The third-order valence-corrected chi connectivity index (χ3v) is 3.34. The molecule has 25 heavy (non-hydrogen) atoms. The maximum atomic E-state index is 11.6. The number of carbonyl (C=O) groups is 2. The van der Waals surface area contributed by atoms with Crippen LogP contribution >= 0.6 is 0 Å². The predicted molar refractivity (Wildman–Crippen MR) is 93.1 cm³/mol. The van der Waals surface area contributed by atoms with E-state index in [9.17, 15) is 9.59 Å². The Hall–Kier alpha value is -3.17. The number of nitrogens with two attached hydrogens (primary N) is 2. The molecule has 0 aliphatic heterocycles. The van der Waals surface area contributed by atoms with Crippen molar-refractivity contribution < 1.29 is 9.59 Å². The molecule has 0 radical (unpaired) electrons. The van der Waals surface area contributed by atoms with Crippen molar-refractivity contribution in [3.8, 4) is 0 Å². The second-order valence-electron chi connectivity index (χ2n) is 6.05. The molecule has 2 heterocycles. The fourth-order valence-corrected chi connectivity index (χ4v) is 2.23. The second kappa shape index (κ2) is 7.60. The zero-order valence-electron chi connectivity index (χ0n) is 14.4. The smallest absolute Gasteiger partial charge is 0.271 e. The molecular weight excluding hydrogens is 324 g/mol. The van der Waals surface area contributed by atoms with E-state index < -0.39 is 17.9 Å². The van der Waals surface area contributed by atoms with Crippen molar-refractivity contribution in [2.45, 2.75) is 26.3 Å². The first-order valence-corrected chi connectivity index (χ1v) is 7.75. The highest BCUT2D eigenvalue weighted by Crippen LogP contribution is 2.19. The lowest BCUT2D eigenvalue weighted by atomic mass is 10.0. The number of hydrogen-bond acceptors (Lipinski definition) is 7. The highest BCUT2D eigenvalue weighted by molar-refractivity contribution is 5.96. The first-order chi connectivity index (χ1) is 11.8. The largest absolute Gasteiger partial charge is 0.368 e. The van der Waals surface area contributed by atoms with E-state index in [1.165, 1.54) is 6.20 Å². The monoisotopic (exact) mass is 346 g/mol. The highest BCUT2D eigenvalue weighted by atomic mass is 16.1. The molecule has 6 N–H and O–H groups in total. The molecule has 2 aromatic rings.